The van der Waals surface area contributed by atoms with E-state index in [-0.39, 0.29) is 0 Å². The lowest BCUT2D eigenvalue weighted by molar-refractivity contribution is -0.116. The monoisotopic (exact) mass is 176 g/mol. The number of Topliss-reactive ketones (excluding diaryl/α,β-unsaturated/α-hetero) is 1. The van der Waals surface area contributed by atoms with Crippen molar-refractivity contribution in [3.05, 3.63) is 23.3 Å². The Morgan fingerprint density at radius 1 is 1.38 bits per heavy atom. The molecule has 2 aliphatic rings. The number of rotatable bonds is 0. The molecule has 0 N–H and O–H groups in total. The molecule has 13 heavy (non-hydrogen) atoms. The standard InChI is InChI=1S/C12H16O/c1-9-10-5-3-4-7-12(10,2)8-6-11(9)13/h3,5H,4,6-8H2,1-2H3. The molecule has 2 aliphatic carbocycles. The molecule has 0 aromatic rings. The zero-order valence-corrected chi connectivity index (χ0v) is 8.39. The van der Waals surface area contributed by atoms with E-state index in [9.17, 15) is 4.79 Å². The van der Waals surface area contributed by atoms with E-state index in [1.165, 1.54) is 18.4 Å². The van der Waals surface area contributed by atoms with Crippen molar-refractivity contribution in [2.45, 2.75) is 39.5 Å². The van der Waals surface area contributed by atoms with Gasteiger partial charge in [0.1, 0.15) is 0 Å². The van der Waals surface area contributed by atoms with Gasteiger partial charge in [0.2, 0.25) is 0 Å². The van der Waals surface area contributed by atoms with Crippen LogP contribution in [0.4, 0.5) is 0 Å². The van der Waals surface area contributed by atoms with Crippen LogP contribution in [0.15, 0.2) is 23.3 Å². The Morgan fingerprint density at radius 3 is 2.92 bits per heavy atom. The van der Waals surface area contributed by atoms with E-state index in [1.54, 1.807) is 0 Å². The van der Waals surface area contributed by atoms with Gasteiger partial charge >= 0.3 is 0 Å². The second kappa shape index (κ2) is 2.83. The molecule has 70 valence electrons. The van der Waals surface area contributed by atoms with Crippen LogP contribution in [0.2, 0.25) is 0 Å². The van der Waals surface area contributed by atoms with Crippen LogP contribution >= 0.6 is 0 Å². The number of ketones is 1. The average Bonchev–Trinajstić information content (AvgIpc) is 2.12. The number of allylic oxidation sites excluding steroid dienone is 4. The maximum Gasteiger partial charge on any atom is 0.158 e. The van der Waals surface area contributed by atoms with Gasteiger partial charge in [-0.1, -0.05) is 19.1 Å². The predicted molar refractivity (Wildman–Crippen MR) is 53.4 cm³/mol. The third-order valence-corrected chi connectivity index (χ3v) is 3.52. The fraction of sp³-hybridized carbons (Fsp3) is 0.583. The minimum Gasteiger partial charge on any atom is -0.295 e. The molecule has 0 aromatic carbocycles. The molecule has 0 spiro atoms. The first-order valence-corrected chi connectivity index (χ1v) is 5.05. The molecule has 0 bridgehead atoms. The van der Waals surface area contributed by atoms with Gasteiger partial charge in [-0.05, 0) is 42.7 Å². The molecule has 0 fully saturated rings. The lowest BCUT2D eigenvalue weighted by atomic mass is 9.66. The Bertz CT molecular complexity index is 309. The van der Waals surface area contributed by atoms with Crippen molar-refractivity contribution in [2.24, 2.45) is 5.41 Å². The van der Waals surface area contributed by atoms with Crippen LogP contribution < -0.4 is 0 Å². The maximum absolute atomic E-state index is 11.5. The smallest absolute Gasteiger partial charge is 0.158 e. The van der Waals surface area contributed by atoms with Crippen LogP contribution in [0, 0.1) is 5.41 Å². The van der Waals surface area contributed by atoms with Crippen LogP contribution in [0.25, 0.3) is 0 Å². The lowest BCUT2D eigenvalue weighted by Crippen LogP contribution is -2.28. The van der Waals surface area contributed by atoms with Gasteiger partial charge in [0.25, 0.3) is 0 Å². The molecule has 0 aromatic heterocycles. The summed E-state index contributed by atoms with van der Waals surface area (Å²) < 4.78 is 0. The minimum absolute atomic E-state index is 0.298. The van der Waals surface area contributed by atoms with E-state index >= 15 is 0 Å². The summed E-state index contributed by atoms with van der Waals surface area (Å²) in [4.78, 5) is 11.5. The molecule has 1 atom stereocenters. The van der Waals surface area contributed by atoms with E-state index in [1.807, 2.05) is 6.92 Å². The molecule has 1 unspecified atom stereocenters. The van der Waals surface area contributed by atoms with E-state index in [2.05, 4.69) is 19.1 Å². The number of carbonyl (C=O) groups is 1. The van der Waals surface area contributed by atoms with Gasteiger partial charge in [0.15, 0.2) is 5.78 Å². The summed E-state index contributed by atoms with van der Waals surface area (Å²) >= 11 is 0. The summed E-state index contributed by atoms with van der Waals surface area (Å²) in [5.41, 5.74) is 2.60. The Kier molecular flexibility index (Phi) is 1.90. The molecule has 1 nitrogen and oxygen atoms in total. The van der Waals surface area contributed by atoms with Gasteiger partial charge in [0.05, 0.1) is 0 Å². The molecule has 1 heteroatoms. The quantitative estimate of drug-likeness (QED) is 0.554. The van der Waals surface area contributed by atoms with Gasteiger partial charge in [-0.15, -0.1) is 0 Å². The van der Waals surface area contributed by atoms with Crippen LogP contribution in [-0.4, -0.2) is 5.78 Å². The molecule has 0 aliphatic heterocycles. The Balaban J connectivity index is 2.51. The fourth-order valence-corrected chi connectivity index (χ4v) is 2.50. The zero-order chi connectivity index (χ0) is 9.47. The van der Waals surface area contributed by atoms with E-state index < -0.39 is 0 Å². The van der Waals surface area contributed by atoms with Crippen LogP contribution in [0.1, 0.15) is 39.5 Å². The third kappa shape index (κ3) is 1.27. The van der Waals surface area contributed by atoms with Crippen LogP contribution in [0.5, 0.6) is 0 Å². The van der Waals surface area contributed by atoms with Gasteiger partial charge < -0.3 is 0 Å². The van der Waals surface area contributed by atoms with E-state index in [4.69, 9.17) is 0 Å². The van der Waals surface area contributed by atoms with Gasteiger partial charge in [0, 0.05) is 6.42 Å². The van der Waals surface area contributed by atoms with Crippen molar-refractivity contribution >= 4 is 5.78 Å². The van der Waals surface area contributed by atoms with Crippen molar-refractivity contribution < 1.29 is 4.79 Å². The SMILES string of the molecule is CC1=C2C=CCCC2(C)CCC1=O. The molecule has 0 heterocycles. The summed E-state index contributed by atoms with van der Waals surface area (Å²) in [5, 5.41) is 0. The Hall–Kier alpha value is -0.850. The van der Waals surface area contributed by atoms with Gasteiger partial charge in [-0.2, -0.15) is 0 Å². The first-order valence-electron chi connectivity index (χ1n) is 5.05. The highest BCUT2D eigenvalue weighted by Gasteiger charge is 2.35. The highest BCUT2D eigenvalue weighted by atomic mass is 16.1. The number of fused-ring (bicyclic) bond motifs is 1. The predicted octanol–water partition coefficient (Wildman–Crippen LogP) is 3.02. The Morgan fingerprint density at radius 2 is 2.15 bits per heavy atom. The van der Waals surface area contributed by atoms with Crippen molar-refractivity contribution in [1.82, 2.24) is 0 Å². The molecule has 0 radical (unpaired) electrons. The van der Waals surface area contributed by atoms with Crippen molar-refractivity contribution in [1.29, 1.82) is 0 Å². The summed E-state index contributed by atoms with van der Waals surface area (Å²) in [7, 11) is 0. The molecule has 2 rings (SSSR count). The van der Waals surface area contributed by atoms with Crippen LogP contribution in [-0.2, 0) is 4.79 Å². The summed E-state index contributed by atoms with van der Waals surface area (Å²) in [6, 6.07) is 0. The first kappa shape index (κ1) is 8.74. The highest BCUT2D eigenvalue weighted by Crippen LogP contribution is 2.45. The molecule has 0 saturated heterocycles. The van der Waals surface area contributed by atoms with Gasteiger partial charge in [-0.3, -0.25) is 4.79 Å². The number of carbonyl (C=O) groups excluding carboxylic acids is 1. The summed E-state index contributed by atoms with van der Waals surface area (Å²) in [5.74, 6) is 0.346. The second-order valence-electron chi connectivity index (χ2n) is 4.46. The number of hydrogen-bond donors (Lipinski definition) is 0. The summed E-state index contributed by atoms with van der Waals surface area (Å²) in [6.07, 6.45) is 8.53. The minimum atomic E-state index is 0.298. The number of hydrogen-bond acceptors (Lipinski definition) is 1. The largest absolute Gasteiger partial charge is 0.295 e. The van der Waals surface area contributed by atoms with E-state index in [0.29, 0.717) is 11.2 Å². The molecule has 0 saturated carbocycles. The fourth-order valence-electron chi connectivity index (χ4n) is 2.50. The Labute approximate surface area is 79.5 Å². The normalized spacial score (nSPS) is 33.5. The van der Waals surface area contributed by atoms with Crippen molar-refractivity contribution in [3.8, 4) is 0 Å². The maximum atomic E-state index is 11.5. The highest BCUT2D eigenvalue weighted by molar-refractivity contribution is 5.97. The summed E-state index contributed by atoms with van der Waals surface area (Å²) in [6.45, 7) is 4.27. The molecular formula is C12H16O. The van der Waals surface area contributed by atoms with Crippen molar-refractivity contribution in [3.63, 3.8) is 0 Å². The molecular weight excluding hydrogens is 160 g/mol. The lowest BCUT2D eigenvalue weighted by Gasteiger charge is -2.37. The zero-order valence-electron chi connectivity index (χ0n) is 8.39. The van der Waals surface area contributed by atoms with Crippen molar-refractivity contribution in [2.75, 3.05) is 0 Å². The topological polar surface area (TPSA) is 17.1 Å². The molecule has 0 amide bonds. The van der Waals surface area contributed by atoms with E-state index in [0.717, 1.165) is 18.4 Å². The van der Waals surface area contributed by atoms with Crippen LogP contribution in [0.3, 0.4) is 0 Å². The van der Waals surface area contributed by atoms with Gasteiger partial charge in [-0.25, -0.2) is 0 Å². The third-order valence-electron chi connectivity index (χ3n) is 3.52. The average molecular weight is 176 g/mol. The first-order chi connectivity index (χ1) is 6.13. The second-order valence-corrected chi connectivity index (χ2v) is 4.46.